The number of aliphatic hydroxyl groups excluding tert-OH is 1. The monoisotopic (exact) mass is 1610 g/mol. The van der Waals surface area contributed by atoms with Crippen molar-refractivity contribution in [3.05, 3.63) is 0 Å². The maximum atomic E-state index is 13.2. The van der Waals surface area contributed by atoms with Crippen LogP contribution in [-0.4, -0.2) is 96.7 Å². The molecule has 110 heavy (non-hydrogen) atoms. The first-order valence-electron chi connectivity index (χ1n) is 47.1. The summed E-state index contributed by atoms with van der Waals surface area (Å²) in [6.45, 7) is 7.42. The minimum Gasteiger partial charge on any atom is -0.462 e. The molecule has 17 nitrogen and oxygen atoms in total. The van der Waals surface area contributed by atoms with Gasteiger partial charge in [0.2, 0.25) is 0 Å². The van der Waals surface area contributed by atoms with Crippen LogP contribution in [0.25, 0.3) is 0 Å². The number of unbranched alkanes of at least 4 members (excludes halogenated alkanes) is 63. The molecular formula is C91H178O17P2. The molecule has 0 spiro atoms. The van der Waals surface area contributed by atoms with Crippen LogP contribution >= 0.6 is 15.6 Å². The van der Waals surface area contributed by atoms with Crippen molar-refractivity contribution < 1.29 is 80.2 Å². The Labute approximate surface area is 677 Å². The highest BCUT2D eigenvalue weighted by Gasteiger charge is 2.31. The number of carbonyl (C=O) groups excluding carboxylic acids is 4. The summed E-state index contributed by atoms with van der Waals surface area (Å²) in [7, 11) is -9.93. The van der Waals surface area contributed by atoms with Gasteiger partial charge in [-0.25, -0.2) is 9.13 Å². The lowest BCUT2D eigenvalue weighted by Crippen LogP contribution is -2.30. The smallest absolute Gasteiger partial charge is 0.462 e. The zero-order chi connectivity index (χ0) is 80.4. The Bertz CT molecular complexity index is 2080. The second-order valence-electron chi connectivity index (χ2n) is 33.2. The number of esters is 4. The Morgan fingerprint density at radius 3 is 0.618 bits per heavy atom. The van der Waals surface area contributed by atoms with Crippen LogP contribution in [0.5, 0.6) is 0 Å². The first kappa shape index (κ1) is 108. The van der Waals surface area contributed by atoms with Crippen molar-refractivity contribution in [2.45, 2.75) is 515 Å². The van der Waals surface area contributed by atoms with Gasteiger partial charge in [-0.05, 0) is 31.6 Å². The Kier molecular flexibility index (Phi) is 82.1. The SMILES string of the molecule is CCCCCCCCCCCCCCCCCCCCCCC(=O)OC[C@H](COP(=O)(O)OC[C@@H](O)COP(=O)(O)OC[C@@H](COC(=O)CCCCCCCCCCCC)OC(=O)CCCCCCCCCCCCCCCCCCCCC)OC(=O)CCCCCCCCCCCCCCCCCCCCC(C)C. The molecule has 0 saturated heterocycles. The molecule has 0 aliphatic carbocycles. The molecule has 0 aliphatic heterocycles. The fourth-order valence-corrected chi connectivity index (χ4v) is 15.9. The summed E-state index contributed by atoms with van der Waals surface area (Å²) in [4.78, 5) is 73.4. The second kappa shape index (κ2) is 83.5. The molecule has 0 radical (unpaired) electrons. The molecule has 0 aromatic carbocycles. The van der Waals surface area contributed by atoms with Gasteiger partial charge in [-0.15, -0.1) is 0 Å². The minimum absolute atomic E-state index is 0.109. The van der Waals surface area contributed by atoms with Crippen molar-refractivity contribution in [2.24, 2.45) is 5.92 Å². The van der Waals surface area contributed by atoms with Gasteiger partial charge in [0.25, 0.3) is 0 Å². The normalized spacial score (nSPS) is 13.7. The number of hydrogen-bond acceptors (Lipinski definition) is 15. The predicted octanol–water partition coefficient (Wildman–Crippen LogP) is 28.3. The van der Waals surface area contributed by atoms with Gasteiger partial charge in [0.1, 0.15) is 19.3 Å². The van der Waals surface area contributed by atoms with Crippen LogP contribution in [0.4, 0.5) is 0 Å². The number of carbonyl (C=O) groups is 4. The zero-order valence-corrected chi connectivity index (χ0v) is 74.2. The van der Waals surface area contributed by atoms with E-state index in [1.54, 1.807) is 0 Å². The third-order valence-corrected chi connectivity index (χ3v) is 23.4. The van der Waals surface area contributed by atoms with Gasteiger partial charge in [-0.1, -0.05) is 446 Å². The molecule has 3 N–H and O–H groups in total. The average Bonchev–Trinajstić information content (AvgIpc) is 0.897. The number of rotatable bonds is 91. The van der Waals surface area contributed by atoms with Gasteiger partial charge in [0, 0.05) is 25.7 Å². The van der Waals surface area contributed by atoms with Crippen LogP contribution in [-0.2, 0) is 65.4 Å². The lowest BCUT2D eigenvalue weighted by atomic mass is 10.0. The second-order valence-corrected chi connectivity index (χ2v) is 36.1. The molecule has 19 heteroatoms. The van der Waals surface area contributed by atoms with Crippen molar-refractivity contribution in [3.63, 3.8) is 0 Å². The van der Waals surface area contributed by atoms with Crippen molar-refractivity contribution >= 4 is 39.5 Å². The van der Waals surface area contributed by atoms with Gasteiger partial charge in [0.15, 0.2) is 12.2 Å². The molecule has 0 rings (SSSR count). The highest BCUT2D eigenvalue weighted by atomic mass is 31.2. The van der Waals surface area contributed by atoms with Gasteiger partial charge >= 0.3 is 39.5 Å². The average molecular weight is 1610 g/mol. The summed E-state index contributed by atoms with van der Waals surface area (Å²) in [5.74, 6) is -1.27. The van der Waals surface area contributed by atoms with Crippen LogP contribution in [0.15, 0.2) is 0 Å². The number of hydrogen-bond donors (Lipinski definition) is 3. The van der Waals surface area contributed by atoms with E-state index in [-0.39, 0.29) is 25.7 Å². The Morgan fingerprint density at radius 1 is 0.245 bits per heavy atom. The van der Waals surface area contributed by atoms with Gasteiger partial charge in [-0.3, -0.25) is 37.3 Å². The molecule has 0 aromatic heterocycles. The largest absolute Gasteiger partial charge is 0.472 e. The summed E-state index contributed by atoms with van der Waals surface area (Å²) in [5.41, 5.74) is 0. The number of ether oxygens (including phenoxy) is 4. The number of phosphoric acid groups is 2. The zero-order valence-electron chi connectivity index (χ0n) is 72.4. The quantitative estimate of drug-likeness (QED) is 0.0222. The van der Waals surface area contributed by atoms with E-state index in [1.165, 1.54) is 321 Å². The van der Waals surface area contributed by atoms with E-state index in [1.807, 2.05) is 0 Å². The summed E-state index contributed by atoms with van der Waals surface area (Å²) in [5, 5.41) is 10.7. The molecule has 0 bridgehead atoms. The molecule has 0 amide bonds. The van der Waals surface area contributed by atoms with E-state index in [4.69, 9.17) is 37.0 Å². The molecule has 2 unspecified atom stereocenters. The number of aliphatic hydroxyl groups is 1. The van der Waals surface area contributed by atoms with E-state index in [0.717, 1.165) is 95.8 Å². The fourth-order valence-electron chi connectivity index (χ4n) is 14.4. The van der Waals surface area contributed by atoms with Crippen molar-refractivity contribution in [1.29, 1.82) is 0 Å². The third kappa shape index (κ3) is 84.0. The molecule has 0 fully saturated rings. The summed E-state index contributed by atoms with van der Waals surface area (Å²) >= 11 is 0. The van der Waals surface area contributed by atoms with Crippen LogP contribution in [0.2, 0.25) is 0 Å². The van der Waals surface area contributed by atoms with Crippen LogP contribution in [0.3, 0.4) is 0 Å². The Hall–Kier alpha value is -1.94. The topological polar surface area (TPSA) is 237 Å². The molecule has 0 aromatic rings. The van der Waals surface area contributed by atoms with Crippen LogP contribution in [0.1, 0.15) is 497 Å². The third-order valence-electron chi connectivity index (χ3n) is 21.5. The van der Waals surface area contributed by atoms with E-state index < -0.39 is 97.5 Å². The van der Waals surface area contributed by atoms with Crippen molar-refractivity contribution in [2.75, 3.05) is 39.6 Å². The Morgan fingerprint density at radius 2 is 0.418 bits per heavy atom. The highest BCUT2D eigenvalue weighted by molar-refractivity contribution is 7.47. The minimum atomic E-state index is -4.97. The molecular weight excluding hydrogens is 1430 g/mol. The van der Waals surface area contributed by atoms with E-state index in [2.05, 4.69) is 34.6 Å². The van der Waals surface area contributed by atoms with E-state index in [9.17, 15) is 43.2 Å². The van der Waals surface area contributed by atoms with Gasteiger partial charge in [0.05, 0.1) is 26.4 Å². The van der Waals surface area contributed by atoms with E-state index in [0.29, 0.717) is 25.7 Å². The first-order chi connectivity index (χ1) is 53.5. The van der Waals surface area contributed by atoms with Crippen LogP contribution < -0.4 is 0 Å². The summed E-state index contributed by atoms with van der Waals surface area (Å²) in [6.07, 6.45) is 79.3. The molecule has 654 valence electrons. The van der Waals surface area contributed by atoms with Gasteiger partial charge in [-0.2, -0.15) is 0 Å². The summed E-state index contributed by atoms with van der Waals surface area (Å²) < 4.78 is 69.0. The maximum absolute atomic E-state index is 13.2. The van der Waals surface area contributed by atoms with Gasteiger partial charge < -0.3 is 33.8 Å². The Balaban J connectivity index is 5.21. The first-order valence-corrected chi connectivity index (χ1v) is 50.1. The molecule has 0 heterocycles. The predicted molar refractivity (Wildman–Crippen MR) is 455 cm³/mol. The van der Waals surface area contributed by atoms with Crippen molar-refractivity contribution in [1.82, 2.24) is 0 Å². The lowest BCUT2D eigenvalue weighted by Gasteiger charge is -2.21. The molecule has 0 saturated carbocycles. The summed E-state index contributed by atoms with van der Waals surface area (Å²) in [6, 6.07) is 0. The fraction of sp³-hybridized carbons (Fsp3) is 0.956. The molecule has 0 aliphatic rings. The van der Waals surface area contributed by atoms with Crippen molar-refractivity contribution in [3.8, 4) is 0 Å². The maximum Gasteiger partial charge on any atom is 0.472 e. The van der Waals surface area contributed by atoms with Crippen LogP contribution in [0, 0.1) is 5.92 Å². The highest BCUT2D eigenvalue weighted by Crippen LogP contribution is 2.45. The van der Waals surface area contributed by atoms with E-state index >= 15 is 0 Å². The standard InChI is InChI=1S/C91H178O17P2/c1-6-9-12-15-18-21-24-26-28-30-32-34-38-42-46-50-55-60-65-70-75-89(94)102-81-87(108-91(96)77-72-67-62-57-52-48-44-40-36-35-37-41-45-49-53-58-63-68-73-84(4)5)83-106-110(99,100)104-79-85(92)78-103-109(97,98)105-82-86(80-101-88(93)74-69-64-59-54-23-20-17-14-11-8-3)107-90(95)76-71-66-61-56-51-47-43-39-33-31-29-27-25-22-19-16-13-10-7-2/h84-87,92H,6-83H2,1-5H3,(H,97,98)(H,99,100)/t85-,86+,87+/m0/s1. The molecule has 5 atom stereocenters. The lowest BCUT2D eigenvalue weighted by molar-refractivity contribution is -0.161. The number of phosphoric ester groups is 2.